The third-order valence-electron chi connectivity index (χ3n) is 2.72. The Morgan fingerprint density at radius 3 is 2.29 bits per heavy atom. The molecule has 96 valence electrons. The predicted octanol–water partition coefficient (Wildman–Crippen LogP) is 3.83. The van der Waals surface area contributed by atoms with Crippen LogP contribution in [0.5, 0.6) is 5.75 Å². The molecule has 17 heavy (non-hydrogen) atoms. The zero-order valence-corrected chi connectivity index (χ0v) is 11.1. The van der Waals surface area contributed by atoms with Crippen LogP contribution in [0.1, 0.15) is 38.2 Å². The van der Waals surface area contributed by atoms with E-state index >= 15 is 0 Å². The first kappa shape index (κ1) is 14.0. The summed E-state index contributed by atoms with van der Waals surface area (Å²) in [6.45, 7) is 3.85. The first-order valence-corrected chi connectivity index (χ1v) is 6.57. The molecule has 0 aliphatic heterocycles. The third kappa shape index (κ3) is 6.32. The normalized spacial score (nSPS) is 10.5. The molecule has 0 amide bonds. The molecule has 0 saturated heterocycles. The SMILES string of the molecule is CCCc1ccc(OCCCCCOC)cc1. The Bertz CT molecular complexity index is 279. The molecule has 0 aliphatic carbocycles. The van der Waals surface area contributed by atoms with E-state index in [1.807, 2.05) is 0 Å². The molecule has 0 bridgehead atoms. The minimum absolute atomic E-state index is 0.802. The van der Waals surface area contributed by atoms with Gasteiger partial charge in [0.15, 0.2) is 0 Å². The van der Waals surface area contributed by atoms with Crippen LogP contribution in [0.15, 0.2) is 24.3 Å². The highest BCUT2D eigenvalue weighted by atomic mass is 16.5. The van der Waals surface area contributed by atoms with Crippen molar-refractivity contribution in [3.05, 3.63) is 29.8 Å². The van der Waals surface area contributed by atoms with Crippen molar-refractivity contribution in [2.45, 2.75) is 39.0 Å². The fraction of sp³-hybridized carbons (Fsp3) is 0.600. The molecule has 0 unspecified atom stereocenters. The second-order valence-corrected chi connectivity index (χ2v) is 4.30. The summed E-state index contributed by atoms with van der Waals surface area (Å²) in [5.41, 5.74) is 1.39. The van der Waals surface area contributed by atoms with E-state index < -0.39 is 0 Å². The van der Waals surface area contributed by atoms with Gasteiger partial charge in [0, 0.05) is 13.7 Å². The van der Waals surface area contributed by atoms with Gasteiger partial charge in [0.25, 0.3) is 0 Å². The molecule has 0 fully saturated rings. The zero-order chi connectivity index (χ0) is 12.3. The number of ether oxygens (including phenoxy) is 2. The van der Waals surface area contributed by atoms with Crippen molar-refractivity contribution in [2.75, 3.05) is 20.3 Å². The van der Waals surface area contributed by atoms with Crippen LogP contribution in [0.3, 0.4) is 0 Å². The Morgan fingerprint density at radius 1 is 0.941 bits per heavy atom. The maximum atomic E-state index is 5.68. The van der Waals surface area contributed by atoms with Crippen LogP contribution in [-0.2, 0) is 11.2 Å². The van der Waals surface area contributed by atoms with Crippen LogP contribution in [0, 0.1) is 0 Å². The first-order valence-electron chi connectivity index (χ1n) is 6.57. The summed E-state index contributed by atoms with van der Waals surface area (Å²) in [7, 11) is 1.74. The summed E-state index contributed by atoms with van der Waals surface area (Å²) in [6.07, 6.45) is 5.73. The maximum absolute atomic E-state index is 5.68. The molecule has 0 aliphatic rings. The average molecular weight is 236 g/mol. The number of aryl methyl sites for hydroxylation is 1. The van der Waals surface area contributed by atoms with E-state index in [0.717, 1.165) is 38.2 Å². The first-order chi connectivity index (χ1) is 8.36. The Kier molecular flexibility index (Phi) is 7.48. The van der Waals surface area contributed by atoms with Crippen molar-refractivity contribution in [1.29, 1.82) is 0 Å². The minimum Gasteiger partial charge on any atom is -0.494 e. The van der Waals surface area contributed by atoms with E-state index in [-0.39, 0.29) is 0 Å². The molecule has 0 spiro atoms. The van der Waals surface area contributed by atoms with E-state index in [4.69, 9.17) is 9.47 Å². The lowest BCUT2D eigenvalue weighted by Crippen LogP contribution is -1.98. The minimum atomic E-state index is 0.802. The zero-order valence-electron chi connectivity index (χ0n) is 11.1. The lowest BCUT2D eigenvalue weighted by atomic mass is 10.1. The monoisotopic (exact) mass is 236 g/mol. The van der Waals surface area contributed by atoms with Gasteiger partial charge in [0.05, 0.1) is 6.61 Å². The molecule has 0 saturated carbocycles. The second-order valence-electron chi connectivity index (χ2n) is 4.30. The van der Waals surface area contributed by atoms with Crippen LogP contribution in [0.25, 0.3) is 0 Å². The van der Waals surface area contributed by atoms with Crippen LogP contribution < -0.4 is 4.74 Å². The second kappa shape index (κ2) is 9.06. The fourth-order valence-electron chi connectivity index (χ4n) is 1.76. The number of hydrogen-bond donors (Lipinski definition) is 0. The van der Waals surface area contributed by atoms with Crippen LogP contribution in [0.4, 0.5) is 0 Å². The van der Waals surface area contributed by atoms with Crippen LogP contribution in [-0.4, -0.2) is 20.3 Å². The highest BCUT2D eigenvalue weighted by molar-refractivity contribution is 5.27. The number of hydrogen-bond acceptors (Lipinski definition) is 2. The Hall–Kier alpha value is -1.02. The summed E-state index contributed by atoms with van der Waals surface area (Å²) in [6, 6.07) is 8.45. The molecule has 0 atom stereocenters. The molecule has 2 heteroatoms. The van der Waals surface area contributed by atoms with Crippen LogP contribution in [0.2, 0.25) is 0 Å². The lowest BCUT2D eigenvalue weighted by molar-refractivity contribution is 0.189. The van der Waals surface area contributed by atoms with Gasteiger partial charge in [-0.3, -0.25) is 0 Å². The van der Waals surface area contributed by atoms with Crippen molar-refractivity contribution in [2.24, 2.45) is 0 Å². The average Bonchev–Trinajstić information content (AvgIpc) is 2.36. The molecule has 1 aromatic carbocycles. The molecule has 0 aromatic heterocycles. The number of methoxy groups -OCH3 is 1. The van der Waals surface area contributed by atoms with Gasteiger partial charge in [-0.05, 0) is 43.4 Å². The molecular formula is C15H24O2. The van der Waals surface area contributed by atoms with Gasteiger partial charge < -0.3 is 9.47 Å². The Labute approximate surface area is 105 Å². The van der Waals surface area contributed by atoms with Crippen molar-refractivity contribution in [3.8, 4) is 5.75 Å². The summed E-state index contributed by atoms with van der Waals surface area (Å²) in [5, 5.41) is 0. The van der Waals surface area contributed by atoms with Crippen molar-refractivity contribution in [3.63, 3.8) is 0 Å². The Morgan fingerprint density at radius 2 is 1.65 bits per heavy atom. The van der Waals surface area contributed by atoms with E-state index in [1.54, 1.807) is 7.11 Å². The highest BCUT2D eigenvalue weighted by Gasteiger charge is 1.95. The maximum Gasteiger partial charge on any atom is 0.119 e. The van der Waals surface area contributed by atoms with E-state index in [1.165, 1.54) is 18.4 Å². The van der Waals surface area contributed by atoms with Crippen molar-refractivity contribution < 1.29 is 9.47 Å². The predicted molar refractivity (Wildman–Crippen MR) is 71.7 cm³/mol. The standard InChI is InChI=1S/C15H24O2/c1-3-7-14-8-10-15(11-9-14)17-13-6-4-5-12-16-2/h8-11H,3-7,12-13H2,1-2H3. The lowest BCUT2D eigenvalue weighted by Gasteiger charge is -2.07. The van der Waals surface area contributed by atoms with Gasteiger partial charge in [-0.2, -0.15) is 0 Å². The third-order valence-corrected chi connectivity index (χ3v) is 2.72. The quantitative estimate of drug-likeness (QED) is 0.607. The van der Waals surface area contributed by atoms with Gasteiger partial charge in [0.2, 0.25) is 0 Å². The van der Waals surface area contributed by atoms with Gasteiger partial charge in [0.1, 0.15) is 5.75 Å². The molecular weight excluding hydrogens is 212 g/mol. The molecule has 1 aromatic rings. The van der Waals surface area contributed by atoms with E-state index in [2.05, 4.69) is 31.2 Å². The molecule has 0 N–H and O–H groups in total. The molecule has 2 nitrogen and oxygen atoms in total. The summed E-state index contributed by atoms with van der Waals surface area (Å²) in [4.78, 5) is 0. The topological polar surface area (TPSA) is 18.5 Å². The largest absolute Gasteiger partial charge is 0.494 e. The fourth-order valence-corrected chi connectivity index (χ4v) is 1.76. The van der Waals surface area contributed by atoms with E-state index in [9.17, 15) is 0 Å². The number of benzene rings is 1. The van der Waals surface area contributed by atoms with Gasteiger partial charge in [-0.1, -0.05) is 25.5 Å². The van der Waals surface area contributed by atoms with Crippen LogP contribution >= 0.6 is 0 Å². The summed E-state index contributed by atoms with van der Waals surface area (Å²) in [5.74, 6) is 0.983. The highest BCUT2D eigenvalue weighted by Crippen LogP contribution is 2.13. The van der Waals surface area contributed by atoms with Gasteiger partial charge in [-0.25, -0.2) is 0 Å². The van der Waals surface area contributed by atoms with Crippen molar-refractivity contribution >= 4 is 0 Å². The smallest absolute Gasteiger partial charge is 0.119 e. The molecule has 0 radical (unpaired) electrons. The van der Waals surface area contributed by atoms with Crippen molar-refractivity contribution in [1.82, 2.24) is 0 Å². The Balaban J connectivity index is 2.14. The molecule has 0 heterocycles. The van der Waals surface area contributed by atoms with Gasteiger partial charge in [-0.15, -0.1) is 0 Å². The summed E-state index contributed by atoms with van der Waals surface area (Å²) >= 11 is 0. The van der Waals surface area contributed by atoms with Gasteiger partial charge >= 0.3 is 0 Å². The number of unbranched alkanes of at least 4 members (excludes halogenated alkanes) is 2. The van der Waals surface area contributed by atoms with E-state index in [0.29, 0.717) is 0 Å². The molecule has 1 rings (SSSR count). The summed E-state index contributed by atoms with van der Waals surface area (Å²) < 4.78 is 10.7. The number of rotatable bonds is 9.